The number of carboxylic acids is 1. The Labute approximate surface area is 139 Å². The molecular formula is C18H19NO3S. The van der Waals surface area contributed by atoms with Gasteiger partial charge in [0.1, 0.15) is 5.00 Å². The summed E-state index contributed by atoms with van der Waals surface area (Å²) in [6.07, 6.45) is 2.95. The maximum absolute atomic E-state index is 11.6. The normalized spacial score (nSPS) is 11.1. The van der Waals surface area contributed by atoms with E-state index in [1.54, 1.807) is 6.92 Å². The number of benzene rings is 1. The molecule has 2 N–H and O–H groups in total. The molecule has 0 spiro atoms. The molecule has 0 bridgehead atoms. The number of thiophene rings is 1. The van der Waals surface area contributed by atoms with E-state index in [1.165, 1.54) is 23.6 Å². The fourth-order valence-corrected chi connectivity index (χ4v) is 3.31. The molecule has 0 aliphatic carbocycles. The van der Waals surface area contributed by atoms with Crippen LogP contribution in [0.4, 0.5) is 5.00 Å². The Bertz CT molecular complexity index is 745. The van der Waals surface area contributed by atoms with Crippen LogP contribution in [-0.4, -0.2) is 16.9 Å². The molecule has 5 heteroatoms. The zero-order chi connectivity index (χ0) is 17.0. The number of anilines is 1. The van der Waals surface area contributed by atoms with Crippen LogP contribution in [0.5, 0.6) is 0 Å². The summed E-state index contributed by atoms with van der Waals surface area (Å²) in [5, 5.41) is 13.0. The van der Waals surface area contributed by atoms with E-state index in [0.717, 1.165) is 16.0 Å². The average molecular weight is 329 g/mol. The van der Waals surface area contributed by atoms with Crippen molar-refractivity contribution in [3.63, 3.8) is 0 Å². The van der Waals surface area contributed by atoms with Crippen molar-refractivity contribution in [1.82, 2.24) is 0 Å². The molecule has 0 saturated heterocycles. The molecule has 0 amide bonds. The van der Waals surface area contributed by atoms with E-state index in [-0.39, 0.29) is 17.3 Å². The third-order valence-electron chi connectivity index (χ3n) is 3.43. The van der Waals surface area contributed by atoms with Gasteiger partial charge in [0, 0.05) is 17.0 Å². The fraction of sp³-hybridized carbons (Fsp3) is 0.222. The highest BCUT2D eigenvalue weighted by atomic mass is 32.1. The van der Waals surface area contributed by atoms with Crippen molar-refractivity contribution in [3.8, 4) is 10.4 Å². The fourth-order valence-electron chi connectivity index (χ4n) is 2.13. The smallest absolute Gasteiger partial charge is 0.339 e. The first-order valence-corrected chi connectivity index (χ1v) is 8.12. The van der Waals surface area contributed by atoms with Gasteiger partial charge in [0.25, 0.3) is 0 Å². The summed E-state index contributed by atoms with van der Waals surface area (Å²) in [5.74, 6) is -1.07. The summed E-state index contributed by atoms with van der Waals surface area (Å²) in [4.78, 5) is 24.1. The first kappa shape index (κ1) is 17.0. The van der Waals surface area contributed by atoms with Gasteiger partial charge in [-0.15, -0.1) is 11.3 Å². The summed E-state index contributed by atoms with van der Waals surface area (Å²) in [5.41, 5.74) is 1.95. The highest BCUT2D eigenvalue weighted by Crippen LogP contribution is 2.39. The van der Waals surface area contributed by atoms with Gasteiger partial charge in [-0.05, 0) is 24.1 Å². The third kappa shape index (κ3) is 3.87. The lowest BCUT2D eigenvalue weighted by atomic mass is 10.1. The molecule has 1 heterocycles. The monoisotopic (exact) mass is 329 g/mol. The van der Waals surface area contributed by atoms with Crippen molar-refractivity contribution in [2.24, 2.45) is 5.92 Å². The lowest BCUT2D eigenvalue weighted by molar-refractivity contribution is -0.117. The number of nitrogens with one attached hydrogen (secondary N) is 1. The van der Waals surface area contributed by atoms with E-state index < -0.39 is 5.97 Å². The number of hydrogen-bond donors (Lipinski definition) is 2. The van der Waals surface area contributed by atoms with Gasteiger partial charge in [-0.25, -0.2) is 4.79 Å². The number of carbonyl (C=O) groups excluding carboxylic acids is 1. The minimum atomic E-state index is -0.980. The molecule has 23 heavy (non-hydrogen) atoms. The molecule has 0 aliphatic rings. The summed E-state index contributed by atoms with van der Waals surface area (Å²) in [6, 6.07) is 9.66. The number of rotatable bonds is 6. The van der Waals surface area contributed by atoms with Crippen LogP contribution in [0, 0.1) is 12.8 Å². The SMILES string of the molecule is Cc1c(-c2ccccc2)sc(NC=CC(=O)C(C)C)c1C(=O)O. The van der Waals surface area contributed by atoms with Crippen molar-refractivity contribution in [3.05, 3.63) is 53.7 Å². The largest absolute Gasteiger partial charge is 0.478 e. The Kier molecular flexibility index (Phi) is 5.34. The molecule has 0 atom stereocenters. The van der Waals surface area contributed by atoms with Crippen molar-refractivity contribution in [1.29, 1.82) is 0 Å². The van der Waals surface area contributed by atoms with Gasteiger partial charge in [0.15, 0.2) is 5.78 Å². The molecule has 0 radical (unpaired) electrons. The molecule has 1 aromatic heterocycles. The topological polar surface area (TPSA) is 66.4 Å². The summed E-state index contributed by atoms with van der Waals surface area (Å²) in [7, 11) is 0. The van der Waals surface area contributed by atoms with Gasteiger partial charge >= 0.3 is 5.97 Å². The maximum atomic E-state index is 11.6. The Balaban J connectivity index is 2.36. The van der Waals surface area contributed by atoms with E-state index >= 15 is 0 Å². The maximum Gasteiger partial charge on any atom is 0.339 e. The van der Waals surface area contributed by atoms with Gasteiger partial charge in [-0.2, -0.15) is 0 Å². The number of ketones is 1. The molecule has 0 unspecified atom stereocenters. The zero-order valence-corrected chi connectivity index (χ0v) is 14.1. The Morgan fingerprint density at radius 3 is 2.43 bits per heavy atom. The third-order valence-corrected chi connectivity index (χ3v) is 4.70. The van der Waals surface area contributed by atoms with Crippen molar-refractivity contribution >= 4 is 28.1 Å². The highest BCUT2D eigenvalue weighted by molar-refractivity contribution is 7.20. The minimum Gasteiger partial charge on any atom is -0.478 e. The molecule has 2 rings (SSSR count). The molecule has 0 saturated carbocycles. The second-order valence-corrected chi connectivity index (χ2v) is 6.49. The molecule has 120 valence electrons. The van der Waals surface area contributed by atoms with Gasteiger partial charge in [0.2, 0.25) is 0 Å². The van der Waals surface area contributed by atoms with E-state index in [2.05, 4.69) is 5.32 Å². The molecule has 2 aromatic rings. The second-order valence-electron chi connectivity index (χ2n) is 5.47. The number of aromatic carboxylic acids is 1. The van der Waals surface area contributed by atoms with E-state index in [4.69, 9.17) is 0 Å². The van der Waals surface area contributed by atoms with E-state index in [1.807, 2.05) is 44.2 Å². The van der Waals surface area contributed by atoms with Crippen LogP contribution in [-0.2, 0) is 4.79 Å². The quantitative estimate of drug-likeness (QED) is 0.762. The van der Waals surface area contributed by atoms with Gasteiger partial charge < -0.3 is 10.4 Å². The van der Waals surface area contributed by atoms with Crippen LogP contribution in [0.2, 0.25) is 0 Å². The summed E-state index contributed by atoms with van der Waals surface area (Å²) in [6.45, 7) is 5.44. The minimum absolute atomic E-state index is 0.00839. The Morgan fingerprint density at radius 2 is 1.87 bits per heavy atom. The predicted molar refractivity (Wildman–Crippen MR) is 94.1 cm³/mol. The van der Waals surface area contributed by atoms with Crippen LogP contribution >= 0.6 is 11.3 Å². The molecular weight excluding hydrogens is 310 g/mol. The van der Waals surface area contributed by atoms with Gasteiger partial charge in [-0.1, -0.05) is 44.2 Å². The molecule has 0 aliphatic heterocycles. The van der Waals surface area contributed by atoms with Crippen molar-refractivity contribution in [2.45, 2.75) is 20.8 Å². The van der Waals surface area contributed by atoms with Crippen molar-refractivity contribution < 1.29 is 14.7 Å². The first-order chi connectivity index (χ1) is 10.9. The van der Waals surface area contributed by atoms with Crippen molar-refractivity contribution in [2.75, 3.05) is 5.32 Å². The zero-order valence-electron chi connectivity index (χ0n) is 13.3. The first-order valence-electron chi connectivity index (χ1n) is 7.30. The van der Waals surface area contributed by atoms with Crippen LogP contribution in [0.3, 0.4) is 0 Å². The van der Waals surface area contributed by atoms with Crippen LogP contribution in [0.1, 0.15) is 29.8 Å². The average Bonchev–Trinajstić information content (AvgIpc) is 2.84. The molecule has 4 nitrogen and oxygen atoms in total. The van der Waals surface area contributed by atoms with Crippen LogP contribution in [0.15, 0.2) is 42.6 Å². The number of allylic oxidation sites excluding steroid dienone is 1. The second kappa shape index (κ2) is 7.24. The summed E-state index contributed by atoms with van der Waals surface area (Å²) < 4.78 is 0. The highest BCUT2D eigenvalue weighted by Gasteiger charge is 2.20. The lowest BCUT2D eigenvalue weighted by Gasteiger charge is -2.01. The van der Waals surface area contributed by atoms with Gasteiger partial charge in [-0.3, -0.25) is 4.79 Å². The van der Waals surface area contributed by atoms with Crippen LogP contribution < -0.4 is 5.32 Å². The Morgan fingerprint density at radius 1 is 1.22 bits per heavy atom. The number of hydrogen-bond acceptors (Lipinski definition) is 4. The molecule has 1 aromatic carbocycles. The standard InChI is InChI=1S/C18H19NO3S/c1-11(2)14(20)9-10-19-17-15(18(21)22)12(3)16(23-17)13-7-5-4-6-8-13/h4-11,19H,1-3H3,(H,21,22). The Hall–Kier alpha value is -2.40. The molecule has 0 fully saturated rings. The van der Waals surface area contributed by atoms with E-state index in [0.29, 0.717) is 5.00 Å². The number of carboxylic acid groups (broad SMARTS) is 1. The number of carbonyl (C=O) groups is 2. The van der Waals surface area contributed by atoms with Crippen LogP contribution in [0.25, 0.3) is 10.4 Å². The van der Waals surface area contributed by atoms with E-state index in [9.17, 15) is 14.7 Å². The lowest BCUT2D eigenvalue weighted by Crippen LogP contribution is -2.04. The summed E-state index contributed by atoms with van der Waals surface area (Å²) >= 11 is 1.37. The van der Waals surface area contributed by atoms with Gasteiger partial charge in [0.05, 0.1) is 5.56 Å². The predicted octanol–water partition coefficient (Wildman–Crippen LogP) is 4.57.